The van der Waals surface area contributed by atoms with Crippen molar-refractivity contribution in [3.8, 4) is 0 Å². The van der Waals surface area contributed by atoms with Gasteiger partial charge in [-0.15, -0.1) is 11.3 Å². The van der Waals surface area contributed by atoms with Crippen molar-refractivity contribution in [2.75, 3.05) is 26.2 Å². The van der Waals surface area contributed by atoms with Crippen LogP contribution in [0.25, 0.3) is 0 Å². The van der Waals surface area contributed by atoms with Gasteiger partial charge in [-0.2, -0.15) is 0 Å². The highest BCUT2D eigenvalue weighted by molar-refractivity contribution is 7.13. The summed E-state index contributed by atoms with van der Waals surface area (Å²) in [5, 5.41) is 6.46. The molecule has 7 heteroatoms. The zero-order chi connectivity index (χ0) is 23.2. The predicted octanol–water partition coefficient (Wildman–Crippen LogP) is 3.42. The number of likely N-dealkylation sites (tertiary alicyclic amines) is 2. The lowest BCUT2D eigenvalue weighted by atomic mass is 10.0. The second kappa shape index (κ2) is 11.3. The molecule has 0 aliphatic carbocycles. The van der Waals surface area contributed by atoms with Gasteiger partial charge in [-0.25, -0.2) is 0 Å². The van der Waals surface area contributed by atoms with E-state index in [1.54, 1.807) is 0 Å². The number of aryl methyl sites for hydroxylation is 1. The Morgan fingerprint density at radius 1 is 0.939 bits per heavy atom. The first kappa shape index (κ1) is 23.9. The molecule has 33 heavy (non-hydrogen) atoms. The third kappa shape index (κ3) is 6.65. The Morgan fingerprint density at radius 2 is 1.58 bits per heavy atom. The third-order valence-corrected chi connectivity index (χ3v) is 7.94. The Labute approximate surface area is 201 Å². The second-order valence-electron chi connectivity index (χ2n) is 9.41. The molecule has 3 heterocycles. The zero-order valence-electron chi connectivity index (χ0n) is 19.8. The van der Waals surface area contributed by atoms with Crippen LogP contribution in [0.15, 0.2) is 42.5 Å². The molecule has 4 rings (SSSR count). The fraction of sp³-hybridized carbons (Fsp3) is 0.538. The van der Waals surface area contributed by atoms with Crippen LogP contribution >= 0.6 is 11.3 Å². The maximum Gasteiger partial charge on any atom is 0.261 e. The zero-order valence-corrected chi connectivity index (χ0v) is 20.6. The highest BCUT2D eigenvalue weighted by Crippen LogP contribution is 2.19. The molecule has 2 aliphatic heterocycles. The molecule has 1 aromatic heterocycles. The highest BCUT2D eigenvalue weighted by Gasteiger charge is 2.29. The van der Waals surface area contributed by atoms with Crippen LogP contribution in [0.3, 0.4) is 0 Å². The van der Waals surface area contributed by atoms with Crippen molar-refractivity contribution in [3.63, 3.8) is 0 Å². The number of hydrogen-bond donors (Lipinski definition) is 2. The summed E-state index contributed by atoms with van der Waals surface area (Å²) < 4.78 is 0. The number of nitrogens with zero attached hydrogens (tertiary/aromatic N) is 2. The average molecular weight is 469 g/mol. The molecular formula is C26H36N4O2S. The van der Waals surface area contributed by atoms with E-state index in [9.17, 15) is 9.59 Å². The van der Waals surface area contributed by atoms with E-state index in [-0.39, 0.29) is 29.9 Å². The number of piperidine rings is 2. The van der Waals surface area contributed by atoms with E-state index in [0.29, 0.717) is 0 Å². The number of amides is 2. The standard InChI is InChI=1S/C26H36N4O2S/c1-19-8-9-24(33-19)26(32)28-23-12-16-30(17-13-23)20(2)25(31)27-22-10-14-29(15-11-22)18-21-6-4-3-5-7-21/h3-9,20,22-23H,10-18H2,1-2H3,(H,27,31)(H,28,32). The van der Waals surface area contributed by atoms with Crippen molar-refractivity contribution >= 4 is 23.2 Å². The van der Waals surface area contributed by atoms with Crippen molar-refractivity contribution in [3.05, 3.63) is 57.8 Å². The summed E-state index contributed by atoms with van der Waals surface area (Å²) in [6.45, 7) is 8.70. The number of carbonyl (C=O) groups is 2. The lowest BCUT2D eigenvalue weighted by Gasteiger charge is -2.37. The summed E-state index contributed by atoms with van der Waals surface area (Å²) in [4.78, 5) is 32.0. The van der Waals surface area contributed by atoms with E-state index in [1.807, 2.05) is 26.0 Å². The van der Waals surface area contributed by atoms with Gasteiger partial charge in [0.25, 0.3) is 5.91 Å². The Bertz CT molecular complexity index is 915. The molecule has 6 nitrogen and oxygen atoms in total. The minimum absolute atomic E-state index is 0.0240. The molecule has 2 fully saturated rings. The largest absolute Gasteiger partial charge is 0.352 e. The predicted molar refractivity (Wildman–Crippen MR) is 133 cm³/mol. The number of rotatable bonds is 7. The minimum Gasteiger partial charge on any atom is -0.352 e. The number of benzene rings is 1. The Hall–Kier alpha value is -2.22. The van der Waals surface area contributed by atoms with Crippen LogP contribution in [0, 0.1) is 6.92 Å². The first-order valence-corrected chi connectivity index (χ1v) is 13.0. The Kier molecular flexibility index (Phi) is 8.17. The molecule has 0 bridgehead atoms. The molecular weight excluding hydrogens is 432 g/mol. The van der Waals surface area contributed by atoms with E-state index in [4.69, 9.17) is 0 Å². The molecule has 0 radical (unpaired) electrons. The van der Waals surface area contributed by atoms with Crippen molar-refractivity contribution in [2.24, 2.45) is 0 Å². The van der Waals surface area contributed by atoms with Gasteiger partial charge in [0.1, 0.15) is 0 Å². The summed E-state index contributed by atoms with van der Waals surface area (Å²) >= 11 is 1.53. The molecule has 2 N–H and O–H groups in total. The Balaban J connectivity index is 1.16. The van der Waals surface area contributed by atoms with E-state index < -0.39 is 0 Å². The van der Waals surface area contributed by atoms with Gasteiger partial charge in [0.05, 0.1) is 10.9 Å². The second-order valence-corrected chi connectivity index (χ2v) is 10.7. The van der Waals surface area contributed by atoms with Gasteiger partial charge in [-0.3, -0.25) is 19.4 Å². The normalized spacial score (nSPS) is 19.8. The maximum absolute atomic E-state index is 12.9. The van der Waals surface area contributed by atoms with Crippen LogP contribution in [-0.2, 0) is 11.3 Å². The van der Waals surface area contributed by atoms with Crippen molar-refractivity contribution < 1.29 is 9.59 Å². The van der Waals surface area contributed by atoms with Crippen LogP contribution in [0.2, 0.25) is 0 Å². The molecule has 2 saturated heterocycles. The molecule has 2 amide bonds. The topological polar surface area (TPSA) is 64.7 Å². The number of thiophene rings is 1. The molecule has 0 spiro atoms. The summed E-state index contributed by atoms with van der Waals surface area (Å²) in [5.41, 5.74) is 1.35. The van der Waals surface area contributed by atoms with Gasteiger partial charge >= 0.3 is 0 Å². The van der Waals surface area contributed by atoms with Crippen LogP contribution < -0.4 is 10.6 Å². The summed E-state index contributed by atoms with van der Waals surface area (Å²) in [6, 6.07) is 14.8. The molecule has 2 aliphatic rings. The molecule has 0 saturated carbocycles. The third-order valence-electron chi connectivity index (χ3n) is 6.94. The van der Waals surface area contributed by atoms with Gasteiger partial charge in [0, 0.05) is 49.7 Å². The van der Waals surface area contributed by atoms with E-state index in [2.05, 4.69) is 50.8 Å². The van der Waals surface area contributed by atoms with Crippen molar-refractivity contribution in [1.82, 2.24) is 20.4 Å². The number of nitrogens with one attached hydrogen (secondary N) is 2. The first-order valence-electron chi connectivity index (χ1n) is 12.2. The lowest BCUT2D eigenvalue weighted by Crippen LogP contribution is -2.54. The van der Waals surface area contributed by atoms with E-state index >= 15 is 0 Å². The molecule has 1 aromatic carbocycles. The lowest BCUT2D eigenvalue weighted by molar-refractivity contribution is -0.127. The van der Waals surface area contributed by atoms with Crippen LogP contribution in [0.5, 0.6) is 0 Å². The van der Waals surface area contributed by atoms with E-state index in [1.165, 1.54) is 16.9 Å². The van der Waals surface area contributed by atoms with Crippen LogP contribution in [-0.4, -0.2) is 65.9 Å². The van der Waals surface area contributed by atoms with Crippen molar-refractivity contribution in [1.29, 1.82) is 0 Å². The van der Waals surface area contributed by atoms with Gasteiger partial charge in [0.15, 0.2) is 0 Å². The first-order chi connectivity index (χ1) is 16.0. The van der Waals surface area contributed by atoms with Crippen LogP contribution in [0.4, 0.5) is 0 Å². The molecule has 2 aromatic rings. The van der Waals surface area contributed by atoms with Gasteiger partial charge < -0.3 is 10.6 Å². The molecule has 1 atom stereocenters. The summed E-state index contributed by atoms with van der Waals surface area (Å²) in [7, 11) is 0. The highest BCUT2D eigenvalue weighted by atomic mass is 32.1. The van der Waals surface area contributed by atoms with Crippen molar-refractivity contribution in [2.45, 2.75) is 64.2 Å². The fourth-order valence-corrected chi connectivity index (χ4v) is 5.58. The SMILES string of the molecule is Cc1ccc(C(=O)NC2CCN(C(C)C(=O)NC3CCN(Cc4ccccc4)CC3)CC2)s1. The summed E-state index contributed by atoms with van der Waals surface area (Å²) in [6.07, 6.45) is 3.76. The monoisotopic (exact) mass is 468 g/mol. The van der Waals surface area contributed by atoms with Gasteiger partial charge in [-0.1, -0.05) is 30.3 Å². The molecule has 1 unspecified atom stereocenters. The smallest absolute Gasteiger partial charge is 0.261 e. The maximum atomic E-state index is 12.9. The minimum atomic E-state index is -0.135. The molecule has 178 valence electrons. The quantitative estimate of drug-likeness (QED) is 0.654. The number of hydrogen-bond acceptors (Lipinski definition) is 5. The van der Waals surface area contributed by atoms with E-state index in [0.717, 1.165) is 68.2 Å². The average Bonchev–Trinajstić information content (AvgIpc) is 3.27. The number of carbonyl (C=O) groups excluding carboxylic acids is 2. The summed E-state index contributed by atoms with van der Waals surface area (Å²) in [5.74, 6) is 0.156. The van der Waals surface area contributed by atoms with Gasteiger partial charge in [0.2, 0.25) is 5.91 Å². The Morgan fingerprint density at radius 3 is 2.21 bits per heavy atom. The van der Waals surface area contributed by atoms with Crippen LogP contribution in [0.1, 0.15) is 52.7 Å². The fourth-order valence-electron chi connectivity index (χ4n) is 4.81. The van der Waals surface area contributed by atoms with Gasteiger partial charge in [-0.05, 0) is 57.2 Å².